The maximum atomic E-state index is 14.2. The maximum absolute atomic E-state index is 14.2. The van der Waals surface area contributed by atoms with Gasteiger partial charge in [0.2, 0.25) is 5.91 Å². The highest BCUT2D eigenvalue weighted by Gasteiger charge is 2.19. The van der Waals surface area contributed by atoms with Crippen molar-refractivity contribution in [2.45, 2.75) is 50.2 Å². The van der Waals surface area contributed by atoms with E-state index in [0.717, 1.165) is 25.7 Å². The van der Waals surface area contributed by atoms with Crippen LogP contribution in [0.2, 0.25) is 0 Å². The number of para-hydroxylation sites is 1. The first-order valence-corrected chi connectivity index (χ1v) is 11.9. The molecular formula is C24H25FN4O3S. The van der Waals surface area contributed by atoms with Crippen LogP contribution >= 0.6 is 11.8 Å². The Hall–Kier alpha value is -3.20. The number of aryl methyl sites for hydroxylation is 1. The van der Waals surface area contributed by atoms with Crippen LogP contribution in [0, 0.1) is 12.7 Å². The Morgan fingerprint density at radius 3 is 2.70 bits per heavy atom. The molecule has 0 aliphatic heterocycles. The van der Waals surface area contributed by atoms with Crippen molar-refractivity contribution in [2.24, 2.45) is 0 Å². The molecule has 3 aromatic rings. The smallest absolute Gasteiger partial charge is 0.321 e. The van der Waals surface area contributed by atoms with Gasteiger partial charge in [0.1, 0.15) is 5.82 Å². The van der Waals surface area contributed by atoms with Gasteiger partial charge in [-0.25, -0.2) is 14.2 Å². The topological polar surface area (TPSA) is 93.1 Å². The zero-order valence-corrected chi connectivity index (χ0v) is 19.1. The second kappa shape index (κ2) is 10.2. The summed E-state index contributed by atoms with van der Waals surface area (Å²) in [5.41, 5.74) is 1.05. The molecule has 9 heteroatoms. The largest absolute Gasteiger partial charge is 0.335 e. The summed E-state index contributed by atoms with van der Waals surface area (Å²) in [5, 5.41) is 5.94. The first kappa shape index (κ1) is 23.0. The normalized spacial score (nSPS) is 13.9. The van der Waals surface area contributed by atoms with Crippen molar-refractivity contribution < 1.29 is 14.0 Å². The first-order chi connectivity index (χ1) is 15.9. The van der Waals surface area contributed by atoms with Crippen LogP contribution in [0.4, 0.5) is 9.18 Å². The predicted octanol–water partition coefficient (Wildman–Crippen LogP) is 4.08. The molecule has 1 aliphatic rings. The van der Waals surface area contributed by atoms with E-state index in [-0.39, 0.29) is 18.0 Å². The van der Waals surface area contributed by atoms with Crippen LogP contribution in [0.15, 0.2) is 52.4 Å². The van der Waals surface area contributed by atoms with E-state index < -0.39 is 17.8 Å². The lowest BCUT2D eigenvalue weighted by Crippen LogP contribution is -2.43. The zero-order valence-electron chi connectivity index (χ0n) is 18.3. The minimum atomic E-state index is -0.479. The van der Waals surface area contributed by atoms with Crippen molar-refractivity contribution in [3.63, 3.8) is 0 Å². The van der Waals surface area contributed by atoms with E-state index in [1.165, 1.54) is 22.4 Å². The molecule has 172 valence electrons. The summed E-state index contributed by atoms with van der Waals surface area (Å²) in [6.45, 7) is 1.65. The van der Waals surface area contributed by atoms with Crippen LogP contribution in [0.5, 0.6) is 0 Å². The number of urea groups is 1. The van der Waals surface area contributed by atoms with Gasteiger partial charge in [-0.2, -0.15) is 0 Å². The molecule has 1 fully saturated rings. The molecule has 1 aromatic heterocycles. The summed E-state index contributed by atoms with van der Waals surface area (Å²) >= 11 is 1.21. The number of hydrogen-bond donors (Lipinski definition) is 2. The highest BCUT2D eigenvalue weighted by Crippen LogP contribution is 2.23. The van der Waals surface area contributed by atoms with E-state index in [2.05, 4.69) is 15.6 Å². The molecule has 33 heavy (non-hydrogen) atoms. The van der Waals surface area contributed by atoms with Gasteiger partial charge in [-0.3, -0.25) is 19.5 Å². The van der Waals surface area contributed by atoms with Crippen LogP contribution < -0.4 is 16.2 Å². The minimum absolute atomic E-state index is 0.0632. The van der Waals surface area contributed by atoms with Gasteiger partial charge in [0.15, 0.2) is 5.16 Å². The molecule has 0 spiro atoms. The highest BCUT2D eigenvalue weighted by molar-refractivity contribution is 7.99. The standard InChI is InChI=1S/C24H25FN4O3S/c1-15-10-11-17(14-19(15)25)29-22(31)18-8-4-5-9-20(18)27-24(29)33-13-12-21(30)28-23(32)26-16-6-2-3-7-16/h4-5,8-11,14,16H,2-3,6-7,12-13H2,1H3,(H2,26,28,30,32). The molecule has 4 rings (SSSR count). The number of fused-ring (bicyclic) bond motifs is 1. The van der Waals surface area contributed by atoms with E-state index in [1.54, 1.807) is 43.3 Å². The Balaban J connectivity index is 1.50. The number of nitrogens with zero attached hydrogens (tertiary/aromatic N) is 2. The molecule has 2 N–H and O–H groups in total. The van der Waals surface area contributed by atoms with Crippen molar-refractivity contribution in [2.75, 3.05) is 5.75 Å². The van der Waals surface area contributed by atoms with Crippen molar-refractivity contribution in [1.29, 1.82) is 0 Å². The molecule has 0 atom stereocenters. The van der Waals surface area contributed by atoms with Gasteiger partial charge in [-0.1, -0.05) is 42.8 Å². The predicted molar refractivity (Wildman–Crippen MR) is 126 cm³/mol. The van der Waals surface area contributed by atoms with E-state index in [9.17, 15) is 18.8 Å². The monoisotopic (exact) mass is 468 g/mol. The first-order valence-electron chi connectivity index (χ1n) is 10.9. The minimum Gasteiger partial charge on any atom is -0.335 e. The van der Waals surface area contributed by atoms with Gasteiger partial charge >= 0.3 is 6.03 Å². The zero-order chi connectivity index (χ0) is 23.4. The molecule has 0 radical (unpaired) electrons. The van der Waals surface area contributed by atoms with Crippen molar-refractivity contribution >= 4 is 34.6 Å². The highest BCUT2D eigenvalue weighted by atomic mass is 32.2. The Labute approximate surface area is 194 Å². The SMILES string of the molecule is Cc1ccc(-n2c(SCCC(=O)NC(=O)NC3CCCC3)nc3ccccc3c2=O)cc1F. The molecule has 0 bridgehead atoms. The number of rotatable bonds is 6. The molecule has 3 amide bonds. The number of aromatic nitrogens is 2. The molecule has 0 unspecified atom stereocenters. The number of carbonyl (C=O) groups is 2. The number of nitrogens with one attached hydrogen (secondary N) is 2. The Kier molecular flexibility index (Phi) is 7.08. The maximum Gasteiger partial charge on any atom is 0.321 e. The van der Waals surface area contributed by atoms with Gasteiger partial charge in [0.25, 0.3) is 5.56 Å². The molecular weight excluding hydrogens is 443 g/mol. The Bertz CT molecular complexity index is 1250. The lowest BCUT2D eigenvalue weighted by Gasteiger charge is -2.14. The summed E-state index contributed by atoms with van der Waals surface area (Å²) in [4.78, 5) is 42.0. The third-order valence-corrected chi connectivity index (χ3v) is 6.60. The van der Waals surface area contributed by atoms with Gasteiger partial charge in [-0.15, -0.1) is 0 Å². The van der Waals surface area contributed by atoms with E-state index in [4.69, 9.17) is 0 Å². The fraction of sp³-hybridized carbons (Fsp3) is 0.333. The van der Waals surface area contributed by atoms with Crippen molar-refractivity contribution in [1.82, 2.24) is 20.2 Å². The van der Waals surface area contributed by atoms with E-state index in [0.29, 0.717) is 33.1 Å². The second-order valence-electron chi connectivity index (χ2n) is 8.09. The third-order valence-electron chi connectivity index (χ3n) is 5.66. The van der Waals surface area contributed by atoms with Gasteiger partial charge in [-0.05, 0) is 49.6 Å². The van der Waals surface area contributed by atoms with Gasteiger partial charge in [0, 0.05) is 18.2 Å². The molecule has 1 heterocycles. The van der Waals surface area contributed by atoms with Gasteiger partial charge in [0.05, 0.1) is 16.6 Å². The van der Waals surface area contributed by atoms with E-state index in [1.807, 2.05) is 0 Å². The summed E-state index contributed by atoms with van der Waals surface area (Å²) in [7, 11) is 0. The lowest BCUT2D eigenvalue weighted by molar-refractivity contribution is -0.119. The number of benzene rings is 2. The van der Waals surface area contributed by atoms with Crippen LogP contribution in [-0.4, -0.2) is 33.3 Å². The van der Waals surface area contributed by atoms with Crippen LogP contribution in [0.1, 0.15) is 37.7 Å². The summed E-state index contributed by atoms with van der Waals surface area (Å²) in [6, 6.07) is 11.2. The summed E-state index contributed by atoms with van der Waals surface area (Å²) < 4.78 is 15.6. The molecule has 7 nitrogen and oxygen atoms in total. The number of halogens is 1. The average Bonchev–Trinajstić information content (AvgIpc) is 3.29. The van der Waals surface area contributed by atoms with Crippen LogP contribution in [-0.2, 0) is 4.79 Å². The third kappa shape index (κ3) is 5.42. The number of amides is 3. The quantitative estimate of drug-likeness (QED) is 0.420. The average molecular weight is 469 g/mol. The Morgan fingerprint density at radius 1 is 1.18 bits per heavy atom. The van der Waals surface area contributed by atoms with Crippen LogP contribution in [0.25, 0.3) is 16.6 Å². The number of carbonyl (C=O) groups excluding carboxylic acids is 2. The number of hydrogen-bond acceptors (Lipinski definition) is 5. The van der Waals surface area contributed by atoms with Gasteiger partial charge < -0.3 is 5.32 Å². The Morgan fingerprint density at radius 2 is 1.94 bits per heavy atom. The second-order valence-corrected chi connectivity index (χ2v) is 9.15. The fourth-order valence-electron chi connectivity index (χ4n) is 3.87. The van der Waals surface area contributed by atoms with Crippen molar-refractivity contribution in [3.8, 4) is 5.69 Å². The number of imide groups is 1. The molecule has 0 saturated heterocycles. The lowest BCUT2D eigenvalue weighted by atomic mass is 10.2. The molecule has 1 saturated carbocycles. The summed E-state index contributed by atoms with van der Waals surface area (Å²) in [6.07, 6.45) is 4.10. The van der Waals surface area contributed by atoms with E-state index >= 15 is 0 Å². The van der Waals surface area contributed by atoms with Crippen LogP contribution in [0.3, 0.4) is 0 Å². The molecule has 1 aliphatic carbocycles. The number of thioether (sulfide) groups is 1. The molecule has 2 aromatic carbocycles. The summed E-state index contributed by atoms with van der Waals surface area (Å²) in [5.74, 6) is -0.535. The van der Waals surface area contributed by atoms with Crippen molar-refractivity contribution in [3.05, 3.63) is 64.2 Å². The fourth-order valence-corrected chi connectivity index (χ4v) is 4.82.